The molecule has 0 saturated carbocycles. The van der Waals surface area contributed by atoms with Crippen molar-refractivity contribution < 1.29 is 4.39 Å². The lowest BCUT2D eigenvalue weighted by Gasteiger charge is -2.33. The van der Waals surface area contributed by atoms with Crippen LogP contribution in [0.1, 0.15) is 37.3 Å². The number of pyridine rings is 2. The van der Waals surface area contributed by atoms with Crippen LogP contribution in [-0.4, -0.2) is 27.0 Å². The fourth-order valence-corrected chi connectivity index (χ4v) is 3.96. The molecule has 4 nitrogen and oxygen atoms in total. The summed E-state index contributed by atoms with van der Waals surface area (Å²) in [7, 11) is 0. The molecule has 1 aliphatic heterocycles. The van der Waals surface area contributed by atoms with Crippen LogP contribution in [0.2, 0.25) is 0 Å². The Morgan fingerprint density at radius 2 is 2.07 bits per heavy atom. The van der Waals surface area contributed by atoms with Gasteiger partial charge in [-0.25, -0.2) is 4.39 Å². The molecule has 1 atom stereocenters. The number of benzene rings is 1. The summed E-state index contributed by atoms with van der Waals surface area (Å²) in [5.41, 5.74) is 2.27. The Labute approximate surface area is 158 Å². The van der Waals surface area contributed by atoms with Crippen LogP contribution < -0.4 is 5.56 Å². The van der Waals surface area contributed by atoms with E-state index in [2.05, 4.69) is 16.8 Å². The predicted octanol–water partition coefficient (Wildman–Crippen LogP) is 3.96. The minimum absolute atomic E-state index is 0.0465. The summed E-state index contributed by atoms with van der Waals surface area (Å²) in [6, 6.07) is 10.8. The van der Waals surface area contributed by atoms with Gasteiger partial charge >= 0.3 is 0 Å². The SMILES string of the molecule is CC1CCCCN1Cc1cc2ccc(F)cc2n(Cc2cccnc2)c1=O. The Balaban J connectivity index is 1.79. The lowest BCUT2D eigenvalue weighted by molar-refractivity contribution is 0.152. The van der Waals surface area contributed by atoms with Gasteiger partial charge in [-0.2, -0.15) is 0 Å². The number of likely N-dealkylation sites (tertiary alicyclic amines) is 1. The molecule has 140 valence electrons. The summed E-state index contributed by atoms with van der Waals surface area (Å²) in [6.45, 7) is 4.27. The summed E-state index contributed by atoms with van der Waals surface area (Å²) < 4.78 is 15.6. The molecule has 0 radical (unpaired) electrons. The third-order valence-electron chi connectivity index (χ3n) is 5.51. The van der Waals surface area contributed by atoms with E-state index in [-0.39, 0.29) is 11.4 Å². The minimum atomic E-state index is -0.334. The van der Waals surface area contributed by atoms with E-state index in [4.69, 9.17) is 0 Å². The highest BCUT2D eigenvalue weighted by atomic mass is 19.1. The molecule has 0 amide bonds. The van der Waals surface area contributed by atoms with Gasteiger partial charge in [0.25, 0.3) is 5.56 Å². The zero-order valence-corrected chi connectivity index (χ0v) is 15.6. The highest BCUT2D eigenvalue weighted by Gasteiger charge is 2.20. The van der Waals surface area contributed by atoms with Crippen molar-refractivity contribution in [3.63, 3.8) is 0 Å². The highest BCUT2D eigenvalue weighted by molar-refractivity contribution is 5.79. The van der Waals surface area contributed by atoms with Gasteiger partial charge in [0, 0.05) is 30.5 Å². The van der Waals surface area contributed by atoms with Gasteiger partial charge in [-0.15, -0.1) is 0 Å². The third kappa shape index (κ3) is 3.78. The Bertz CT molecular complexity index is 1000. The maximum Gasteiger partial charge on any atom is 0.255 e. The molecule has 0 bridgehead atoms. The van der Waals surface area contributed by atoms with E-state index >= 15 is 0 Å². The van der Waals surface area contributed by atoms with Crippen LogP contribution in [-0.2, 0) is 13.1 Å². The molecule has 1 aromatic carbocycles. The number of hydrogen-bond donors (Lipinski definition) is 0. The van der Waals surface area contributed by atoms with Crippen molar-refractivity contribution in [1.29, 1.82) is 0 Å². The molecule has 0 spiro atoms. The van der Waals surface area contributed by atoms with Crippen molar-refractivity contribution in [3.05, 3.63) is 76.1 Å². The van der Waals surface area contributed by atoms with E-state index in [0.717, 1.165) is 23.1 Å². The largest absolute Gasteiger partial charge is 0.303 e. The number of fused-ring (bicyclic) bond motifs is 1. The van der Waals surface area contributed by atoms with Crippen molar-refractivity contribution >= 4 is 10.9 Å². The summed E-state index contributed by atoms with van der Waals surface area (Å²) in [6.07, 6.45) is 7.05. The molecule has 1 aliphatic rings. The van der Waals surface area contributed by atoms with E-state index in [1.54, 1.807) is 23.0 Å². The summed E-state index contributed by atoms with van der Waals surface area (Å²) in [5, 5.41) is 0.888. The van der Waals surface area contributed by atoms with Crippen molar-refractivity contribution in [2.75, 3.05) is 6.54 Å². The first-order chi connectivity index (χ1) is 13.1. The second-order valence-corrected chi connectivity index (χ2v) is 7.44. The second kappa shape index (κ2) is 7.61. The molecule has 0 aliphatic carbocycles. The molecule has 3 heterocycles. The van der Waals surface area contributed by atoms with E-state index in [1.807, 2.05) is 18.2 Å². The third-order valence-corrected chi connectivity index (χ3v) is 5.51. The van der Waals surface area contributed by atoms with Gasteiger partial charge in [-0.3, -0.25) is 14.7 Å². The van der Waals surface area contributed by atoms with E-state index in [0.29, 0.717) is 24.6 Å². The molecule has 5 heteroatoms. The van der Waals surface area contributed by atoms with Crippen LogP contribution in [0.25, 0.3) is 10.9 Å². The summed E-state index contributed by atoms with van der Waals surface area (Å²) in [4.78, 5) is 19.8. The van der Waals surface area contributed by atoms with E-state index < -0.39 is 0 Å². The molecule has 27 heavy (non-hydrogen) atoms. The Morgan fingerprint density at radius 3 is 2.85 bits per heavy atom. The van der Waals surface area contributed by atoms with Crippen LogP contribution in [0.5, 0.6) is 0 Å². The number of hydrogen-bond acceptors (Lipinski definition) is 3. The first-order valence-corrected chi connectivity index (χ1v) is 9.57. The van der Waals surface area contributed by atoms with E-state index in [9.17, 15) is 9.18 Å². The van der Waals surface area contributed by atoms with Gasteiger partial charge in [-0.05, 0) is 67.6 Å². The first-order valence-electron chi connectivity index (χ1n) is 9.57. The van der Waals surface area contributed by atoms with Gasteiger partial charge in [0.05, 0.1) is 12.1 Å². The summed E-state index contributed by atoms with van der Waals surface area (Å²) in [5.74, 6) is -0.334. The van der Waals surface area contributed by atoms with Crippen molar-refractivity contribution in [2.24, 2.45) is 0 Å². The number of nitrogens with zero attached hydrogens (tertiary/aromatic N) is 3. The zero-order chi connectivity index (χ0) is 18.8. The quantitative estimate of drug-likeness (QED) is 0.702. The Morgan fingerprint density at radius 1 is 1.19 bits per heavy atom. The Kier molecular flexibility index (Phi) is 5.03. The molecule has 1 saturated heterocycles. The molecule has 4 rings (SSSR count). The fraction of sp³-hybridized carbons (Fsp3) is 0.364. The minimum Gasteiger partial charge on any atom is -0.303 e. The average molecular weight is 365 g/mol. The summed E-state index contributed by atoms with van der Waals surface area (Å²) >= 11 is 0. The molecule has 3 aromatic rings. The molecule has 1 fully saturated rings. The topological polar surface area (TPSA) is 38.1 Å². The van der Waals surface area contributed by atoms with Crippen molar-refractivity contribution in [1.82, 2.24) is 14.5 Å². The second-order valence-electron chi connectivity index (χ2n) is 7.44. The maximum atomic E-state index is 13.9. The first kappa shape index (κ1) is 17.9. The van der Waals surface area contributed by atoms with Gasteiger partial charge in [-0.1, -0.05) is 12.5 Å². The number of halogens is 1. The van der Waals surface area contributed by atoms with Gasteiger partial charge in [0.15, 0.2) is 0 Å². The predicted molar refractivity (Wildman–Crippen MR) is 105 cm³/mol. The van der Waals surface area contributed by atoms with Crippen LogP contribution >= 0.6 is 0 Å². The molecular weight excluding hydrogens is 341 g/mol. The van der Waals surface area contributed by atoms with Gasteiger partial charge in [0.1, 0.15) is 5.82 Å². The van der Waals surface area contributed by atoms with Crippen LogP contribution in [0.15, 0.2) is 53.6 Å². The standard InChI is InChI=1S/C22H24FN3O/c1-16-5-2-3-10-25(16)15-19-11-18-7-8-20(23)12-21(18)26(22(19)27)14-17-6-4-9-24-13-17/h4,6-9,11-13,16H,2-3,5,10,14-15H2,1H3. The van der Waals surface area contributed by atoms with Gasteiger partial charge < -0.3 is 4.57 Å². The fourth-order valence-electron chi connectivity index (χ4n) is 3.96. The normalized spacial score (nSPS) is 18.1. The van der Waals surface area contributed by atoms with Crippen LogP contribution in [0.3, 0.4) is 0 Å². The highest BCUT2D eigenvalue weighted by Crippen LogP contribution is 2.21. The maximum absolute atomic E-state index is 13.9. The van der Waals surface area contributed by atoms with Crippen molar-refractivity contribution in [2.45, 2.75) is 45.3 Å². The lowest BCUT2D eigenvalue weighted by Crippen LogP contribution is -2.39. The monoisotopic (exact) mass is 365 g/mol. The van der Waals surface area contributed by atoms with E-state index in [1.165, 1.54) is 31.4 Å². The molecule has 2 aromatic heterocycles. The van der Waals surface area contributed by atoms with Crippen molar-refractivity contribution in [3.8, 4) is 0 Å². The molecule has 1 unspecified atom stereocenters. The van der Waals surface area contributed by atoms with Crippen LogP contribution in [0, 0.1) is 5.82 Å². The molecular formula is C22H24FN3O. The number of aromatic nitrogens is 2. The molecule has 0 N–H and O–H groups in total. The Hall–Kier alpha value is -2.53. The van der Waals surface area contributed by atoms with Gasteiger partial charge in [0.2, 0.25) is 0 Å². The number of piperidine rings is 1. The van der Waals surface area contributed by atoms with Crippen LogP contribution in [0.4, 0.5) is 4.39 Å². The zero-order valence-electron chi connectivity index (χ0n) is 15.6. The smallest absolute Gasteiger partial charge is 0.255 e. The average Bonchev–Trinajstić information content (AvgIpc) is 2.68. The lowest BCUT2D eigenvalue weighted by atomic mass is 10.0. The number of rotatable bonds is 4.